The molecule has 1 heterocycles. The van der Waals surface area contributed by atoms with Crippen molar-refractivity contribution in [2.75, 3.05) is 26.7 Å². The minimum Gasteiger partial charge on any atom is -0.487 e. The fourth-order valence-electron chi connectivity index (χ4n) is 5.05. The molecular formula is C30H38N2O5S. The van der Waals surface area contributed by atoms with Crippen LogP contribution in [-0.4, -0.2) is 67.5 Å². The largest absolute Gasteiger partial charge is 0.487 e. The number of ether oxygens (including phenoxy) is 1. The highest BCUT2D eigenvalue weighted by atomic mass is 32.2. The molecule has 2 aromatic rings. The van der Waals surface area contributed by atoms with Crippen molar-refractivity contribution in [2.45, 2.75) is 63.0 Å². The van der Waals surface area contributed by atoms with Crippen LogP contribution in [0.3, 0.4) is 0 Å². The summed E-state index contributed by atoms with van der Waals surface area (Å²) in [5.74, 6) is 6.87. The van der Waals surface area contributed by atoms with Crippen molar-refractivity contribution in [1.82, 2.24) is 9.21 Å². The van der Waals surface area contributed by atoms with Crippen molar-refractivity contribution in [2.24, 2.45) is 11.8 Å². The first-order chi connectivity index (χ1) is 18.2. The molecule has 4 rings (SSSR count). The van der Waals surface area contributed by atoms with Gasteiger partial charge in [-0.15, -0.1) is 0 Å². The van der Waals surface area contributed by atoms with E-state index in [1.54, 1.807) is 37.1 Å². The molecule has 3 atom stereocenters. The second kappa shape index (κ2) is 12.3. The Labute approximate surface area is 226 Å². The highest BCUT2D eigenvalue weighted by Gasteiger charge is 2.38. The summed E-state index contributed by atoms with van der Waals surface area (Å²) >= 11 is 0. The number of likely N-dealkylation sites (N-methyl/N-ethyl adjacent to an activating group) is 1. The Kier molecular flexibility index (Phi) is 9.14. The first-order valence-electron chi connectivity index (χ1n) is 13.4. The minimum atomic E-state index is -3.92. The number of nitrogens with zero attached hydrogens (tertiary/aromatic N) is 2. The normalized spacial score (nSPS) is 22.2. The molecular weight excluding hydrogens is 500 g/mol. The summed E-state index contributed by atoms with van der Waals surface area (Å²) in [7, 11) is -2.18. The number of aliphatic hydroxyl groups excluding tert-OH is 1. The Morgan fingerprint density at radius 2 is 1.89 bits per heavy atom. The Morgan fingerprint density at radius 3 is 2.58 bits per heavy atom. The molecule has 1 aliphatic heterocycles. The predicted octanol–water partition coefficient (Wildman–Crippen LogP) is 3.70. The molecule has 204 valence electrons. The van der Waals surface area contributed by atoms with Crippen molar-refractivity contribution >= 4 is 15.9 Å². The molecule has 0 spiro atoms. The Bertz CT molecular complexity index is 1280. The number of carbonyl (C=O) groups is 1. The Balaban J connectivity index is 1.64. The van der Waals surface area contributed by atoms with Gasteiger partial charge in [-0.2, -0.15) is 4.31 Å². The van der Waals surface area contributed by atoms with Crippen LogP contribution in [0.4, 0.5) is 0 Å². The van der Waals surface area contributed by atoms with Crippen LogP contribution in [0.2, 0.25) is 0 Å². The lowest BCUT2D eigenvalue weighted by molar-refractivity contribution is -0.130. The van der Waals surface area contributed by atoms with E-state index in [-0.39, 0.29) is 42.0 Å². The van der Waals surface area contributed by atoms with Crippen molar-refractivity contribution in [1.29, 1.82) is 0 Å². The summed E-state index contributed by atoms with van der Waals surface area (Å²) in [5.41, 5.74) is 1.63. The fraction of sp³-hybridized carbons (Fsp3) is 0.500. The van der Waals surface area contributed by atoms with E-state index in [9.17, 15) is 18.3 Å². The van der Waals surface area contributed by atoms with Gasteiger partial charge in [-0.05, 0) is 43.5 Å². The predicted molar refractivity (Wildman–Crippen MR) is 147 cm³/mol. The van der Waals surface area contributed by atoms with E-state index in [2.05, 4.69) is 11.8 Å². The lowest BCUT2D eigenvalue weighted by Gasteiger charge is -2.37. The van der Waals surface area contributed by atoms with Gasteiger partial charge in [0.05, 0.1) is 19.6 Å². The molecule has 1 fully saturated rings. The average molecular weight is 539 g/mol. The van der Waals surface area contributed by atoms with Gasteiger partial charge in [0, 0.05) is 37.0 Å². The third-order valence-corrected chi connectivity index (χ3v) is 9.54. The van der Waals surface area contributed by atoms with Gasteiger partial charge in [-0.1, -0.05) is 61.9 Å². The Morgan fingerprint density at radius 1 is 1.18 bits per heavy atom. The number of hydrogen-bond acceptors (Lipinski definition) is 5. The van der Waals surface area contributed by atoms with Crippen molar-refractivity contribution in [3.05, 3.63) is 59.7 Å². The van der Waals surface area contributed by atoms with Gasteiger partial charge in [0.1, 0.15) is 16.7 Å². The summed E-state index contributed by atoms with van der Waals surface area (Å²) in [5, 5.41) is 9.85. The standard InChI is InChI=1S/C30H38N2O5S/c1-22-19-32(23(2)21-33)38(35,36)29-16-15-26(14-13-24-9-7-8-10-24)17-27(29)37-28(22)20-31(3)30(34)18-25-11-5-4-6-12-25/h4-6,11-12,15-17,22-24,28,33H,7-10,18-21H2,1-3H3/t22-,23+,28+/m0/s1. The molecule has 1 aliphatic carbocycles. The maximum absolute atomic E-state index is 13.7. The van der Waals surface area contributed by atoms with Crippen LogP contribution >= 0.6 is 0 Å². The van der Waals surface area contributed by atoms with Gasteiger partial charge in [0.25, 0.3) is 0 Å². The monoisotopic (exact) mass is 538 g/mol. The molecule has 2 aliphatic rings. The number of amides is 1. The van der Waals surface area contributed by atoms with E-state index < -0.39 is 22.2 Å². The molecule has 0 aromatic heterocycles. The van der Waals surface area contributed by atoms with E-state index in [0.717, 1.165) is 18.4 Å². The van der Waals surface area contributed by atoms with E-state index in [1.807, 2.05) is 37.3 Å². The molecule has 8 heteroatoms. The van der Waals surface area contributed by atoms with Crippen molar-refractivity contribution < 1.29 is 23.1 Å². The van der Waals surface area contributed by atoms with Crippen molar-refractivity contribution in [3.8, 4) is 17.6 Å². The highest BCUT2D eigenvalue weighted by Crippen LogP contribution is 2.34. The molecule has 1 N–H and O–H groups in total. The van der Waals surface area contributed by atoms with Crippen LogP contribution in [0.25, 0.3) is 0 Å². The lowest BCUT2D eigenvalue weighted by Crippen LogP contribution is -2.50. The fourth-order valence-corrected chi connectivity index (χ4v) is 6.88. The van der Waals surface area contributed by atoms with Crippen LogP contribution in [-0.2, 0) is 21.2 Å². The van der Waals surface area contributed by atoms with Gasteiger partial charge in [-0.3, -0.25) is 4.79 Å². The first-order valence-corrected chi connectivity index (χ1v) is 14.9. The zero-order chi connectivity index (χ0) is 27.3. The third kappa shape index (κ3) is 6.58. The number of rotatable bonds is 6. The average Bonchev–Trinajstić information content (AvgIpc) is 3.43. The quantitative estimate of drug-likeness (QED) is 0.567. The highest BCUT2D eigenvalue weighted by molar-refractivity contribution is 7.89. The van der Waals surface area contributed by atoms with Crippen LogP contribution in [0, 0.1) is 23.7 Å². The molecule has 1 saturated carbocycles. The van der Waals surface area contributed by atoms with Crippen LogP contribution in [0.15, 0.2) is 53.4 Å². The summed E-state index contributed by atoms with van der Waals surface area (Å²) in [6.45, 7) is 3.77. The van der Waals surface area contributed by atoms with Crippen LogP contribution in [0.1, 0.15) is 50.7 Å². The van der Waals surface area contributed by atoms with E-state index in [0.29, 0.717) is 18.0 Å². The van der Waals surface area contributed by atoms with Crippen LogP contribution < -0.4 is 4.74 Å². The lowest BCUT2D eigenvalue weighted by atomic mass is 10.0. The number of aliphatic hydroxyl groups is 1. The summed E-state index contributed by atoms with van der Waals surface area (Å²) < 4.78 is 35.1. The zero-order valence-electron chi connectivity index (χ0n) is 22.5. The maximum atomic E-state index is 13.7. The number of carbonyl (C=O) groups excluding carboxylic acids is 1. The van der Waals surface area contributed by atoms with E-state index >= 15 is 0 Å². The SMILES string of the molecule is C[C@H](CO)N1C[C@H](C)[C@@H](CN(C)C(=O)Cc2ccccc2)Oc2cc(C#CC3CCCC3)ccc2S1(=O)=O. The second-order valence-corrected chi connectivity index (χ2v) is 12.4. The summed E-state index contributed by atoms with van der Waals surface area (Å²) in [4.78, 5) is 14.7. The van der Waals surface area contributed by atoms with Gasteiger partial charge < -0.3 is 14.7 Å². The number of hydrogen-bond donors (Lipinski definition) is 1. The zero-order valence-corrected chi connectivity index (χ0v) is 23.3. The van der Waals surface area contributed by atoms with Crippen molar-refractivity contribution in [3.63, 3.8) is 0 Å². The number of benzene rings is 2. The van der Waals surface area contributed by atoms with Gasteiger partial charge in [0.15, 0.2) is 0 Å². The molecule has 1 amide bonds. The summed E-state index contributed by atoms with van der Waals surface area (Å²) in [6, 6.07) is 13.9. The maximum Gasteiger partial charge on any atom is 0.247 e. The Hall–Kier alpha value is -2.86. The molecule has 0 radical (unpaired) electrons. The molecule has 0 unspecified atom stereocenters. The minimum absolute atomic E-state index is 0.0429. The third-order valence-electron chi connectivity index (χ3n) is 7.52. The molecule has 2 aromatic carbocycles. The number of fused-ring (bicyclic) bond motifs is 1. The number of sulfonamides is 1. The van der Waals surface area contributed by atoms with E-state index in [4.69, 9.17) is 4.74 Å². The molecule has 38 heavy (non-hydrogen) atoms. The van der Waals surface area contributed by atoms with Gasteiger partial charge in [0.2, 0.25) is 15.9 Å². The smallest absolute Gasteiger partial charge is 0.247 e. The van der Waals surface area contributed by atoms with Crippen LogP contribution in [0.5, 0.6) is 5.75 Å². The second-order valence-electron chi connectivity index (χ2n) is 10.6. The van der Waals surface area contributed by atoms with Gasteiger partial charge >= 0.3 is 0 Å². The molecule has 0 saturated heterocycles. The molecule has 0 bridgehead atoms. The molecule has 7 nitrogen and oxygen atoms in total. The summed E-state index contributed by atoms with van der Waals surface area (Å²) in [6.07, 6.45) is 4.40. The first kappa shape index (κ1) is 28.2. The van der Waals surface area contributed by atoms with E-state index in [1.165, 1.54) is 17.1 Å². The van der Waals surface area contributed by atoms with Gasteiger partial charge in [-0.25, -0.2) is 8.42 Å². The topological polar surface area (TPSA) is 87.2 Å².